The second kappa shape index (κ2) is 10.0. The molecule has 0 N–H and O–H groups in total. The molecule has 0 atom stereocenters. The van der Waals surface area contributed by atoms with Crippen LogP contribution in [0.1, 0.15) is 41.4 Å². The fourth-order valence-corrected chi connectivity index (χ4v) is 4.39. The number of carbonyl (C=O) groups excluding carboxylic acids is 4. The Morgan fingerprint density at radius 2 is 1.24 bits per heavy atom. The van der Waals surface area contributed by atoms with E-state index in [1.165, 1.54) is 24.3 Å². The molecule has 0 radical (unpaired) electrons. The minimum atomic E-state index is -0.850. The maximum atomic E-state index is 13.0. The Morgan fingerprint density at radius 1 is 0.703 bits per heavy atom. The lowest BCUT2D eigenvalue weighted by molar-refractivity contribution is 0.0475. The van der Waals surface area contributed by atoms with Crippen molar-refractivity contribution in [2.24, 2.45) is 0 Å². The standard InChI is InChI=1S/C29H17Cl2NO5/c30-23-14-21-22(15-24(23)31)28(35)32(27(21)34)25-9-5-4-8-20(25)29(36)37-16-26(33)19-12-10-18(11-13-19)17-6-2-1-3-7-17/h1-15H,16H2. The summed E-state index contributed by atoms with van der Waals surface area (Å²) in [7, 11) is 0. The maximum Gasteiger partial charge on any atom is 0.340 e. The van der Waals surface area contributed by atoms with Crippen molar-refractivity contribution >= 4 is 52.5 Å². The summed E-state index contributed by atoms with van der Waals surface area (Å²) in [6, 6.07) is 25.3. The highest BCUT2D eigenvalue weighted by molar-refractivity contribution is 6.44. The summed E-state index contributed by atoms with van der Waals surface area (Å²) in [6.45, 7) is -0.509. The Kier molecular flexibility index (Phi) is 6.61. The molecule has 182 valence electrons. The van der Waals surface area contributed by atoms with Crippen LogP contribution < -0.4 is 4.90 Å². The average Bonchev–Trinajstić information content (AvgIpc) is 3.16. The highest BCUT2D eigenvalue weighted by Gasteiger charge is 2.39. The van der Waals surface area contributed by atoms with E-state index in [2.05, 4.69) is 0 Å². The lowest BCUT2D eigenvalue weighted by Crippen LogP contribution is -2.31. The summed E-state index contributed by atoms with van der Waals surface area (Å²) >= 11 is 12.0. The van der Waals surface area contributed by atoms with Crippen LogP contribution in [-0.4, -0.2) is 30.2 Å². The van der Waals surface area contributed by atoms with Gasteiger partial charge in [-0.2, -0.15) is 0 Å². The number of esters is 1. The van der Waals surface area contributed by atoms with E-state index >= 15 is 0 Å². The quantitative estimate of drug-likeness (QED) is 0.162. The van der Waals surface area contributed by atoms with Crippen LogP contribution in [0.25, 0.3) is 11.1 Å². The van der Waals surface area contributed by atoms with Gasteiger partial charge in [-0.1, -0.05) is 89.9 Å². The van der Waals surface area contributed by atoms with Crippen molar-refractivity contribution in [3.05, 3.63) is 123 Å². The molecule has 0 aromatic heterocycles. The number of anilines is 1. The number of fused-ring (bicyclic) bond motifs is 1. The van der Waals surface area contributed by atoms with Crippen molar-refractivity contribution in [3.8, 4) is 11.1 Å². The minimum absolute atomic E-state index is 0.0330. The average molecular weight is 530 g/mol. The van der Waals surface area contributed by atoms with E-state index in [4.69, 9.17) is 27.9 Å². The Bertz CT molecular complexity index is 1520. The number of halogens is 2. The molecule has 8 heteroatoms. The van der Waals surface area contributed by atoms with E-state index in [0.717, 1.165) is 16.0 Å². The van der Waals surface area contributed by atoms with E-state index in [-0.39, 0.29) is 32.4 Å². The van der Waals surface area contributed by atoms with Crippen LogP contribution in [0.2, 0.25) is 10.0 Å². The van der Waals surface area contributed by atoms with E-state index in [1.807, 2.05) is 42.5 Å². The second-order valence-electron chi connectivity index (χ2n) is 8.22. The first-order valence-corrected chi connectivity index (χ1v) is 11.9. The van der Waals surface area contributed by atoms with E-state index in [0.29, 0.717) is 5.56 Å². The lowest BCUT2D eigenvalue weighted by atomic mass is 10.0. The highest BCUT2D eigenvalue weighted by Crippen LogP contribution is 2.35. The number of para-hydroxylation sites is 1. The number of ether oxygens (including phenoxy) is 1. The first kappa shape index (κ1) is 24.4. The van der Waals surface area contributed by atoms with Crippen LogP contribution in [0.4, 0.5) is 5.69 Å². The molecule has 5 rings (SSSR count). The van der Waals surface area contributed by atoms with E-state index in [9.17, 15) is 19.2 Å². The first-order valence-electron chi connectivity index (χ1n) is 11.2. The van der Waals surface area contributed by atoms with Crippen LogP contribution in [0.5, 0.6) is 0 Å². The Labute approximate surface area is 222 Å². The summed E-state index contributed by atoms with van der Waals surface area (Å²) in [5, 5.41) is 0.262. The molecule has 0 spiro atoms. The van der Waals surface area contributed by atoms with Crippen LogP contribution in [-0.2, 0) is 4.74 Å². The van der Waals surface area contributed by atoms with Gasteiger partial charge in [0.2, 0.25) is 0 Å². The van der Waals surface area contributed by atoms with Crippen LogP contribution in [0.15, 0.2) is 91.0 Å². The van der Waals surface area contributed by atoms with Gasteiger partial charge in [0.1, 0.15) is 0 Å². The zero-order valence-corrected chi connectivity index (χ0v) is 20.6. The molecule has 2 amide bonds. The van der Waals surface area contributed by atoms with Gasteiger partial charge in [-0.05, 0) is 35.4 Å². The second-order valence-corrected chi connectivity index (χ2v) is 9.03. The molecule has 0 saturated carbocycles. The molecule has 4 aromatic rings. The fraction of sp³-hybridized carbons (Fsp3) is 0.0345. The number of hydrogen-bond donors (Lipinski definition) is 0. The number of amides is 2. The molecule has 6 nitrogen and oxygen atoms in total. The minimum Gasteiger partial charge on any atom is -0.454 e. The molecule has 1 aliphatic rings. The third kappa shape index (κ3) is 4.65. The number of nitrogens with zero attached hydrogens (tertiary/aromatic N) is 1. The molecule has 4 aromatic carbocycles. The zero-order valence-electron chi connectivity index (χ0n) is 19.1. The third-order valence-electron chi connectivity index (χ3n) is 5.94. The van der Waals surface area contributed by atoms with Gasteiger partial charge < -0.3 is 4.74 Å². The van der Waals surface area contributed by atoms with Crippen molar-refractivity contribution in [1.29, 1.82) is 0 Å². The van der Waals surface area contributed by atoms with Crippen molar-refractivity contribution in [3.63, 3.8) is 0 Å². The molecular formula is C29H17Cl2NO5. The first-order chi connectivity index (χ1) is 17.8. The molecule has 0 aliphatic carbocycles. The fourth-order valence-electron chi connectivity index (χ4n) is 4.07. The summed E-state index contributed by atoms with van der Waals surface area (Å²) in [5.74, 6) is -2.53. The highest BCUT2D eigenvalue weighted by atomic mass is 35.5. The molecule has 37 heavy (non-hydrogen) atoms. The summed E-state index contributed by atoms with van der Waals surface area (Å²) < 4.78 is 5.27. The topological polar surface area (TPSA) is 80.8 Å². The van der Waals surface area contributed by atoms with E-state index < -0.39 is 30.2 Å². The number of carbonyl (C=O) groups is 4. The SMILES string of the molecule is O=C(COC(=O)c1ccccc1N1C(=O)c2cc(Cl)c(Cl)cc2C1=O)c1ccc(-c2ccccc2)cc1. The predicted molar refractivity (Wildman–Crippen MR) is 141 cm³/mol. The predicted octanol–water partition coefficient (Wildman–Crippen LogP) is 6.50. The van der Waals surface area contributed by atoms with Gasteiger partial charge in [0.25, 0.3) is 11.8 Å². The number of ketones is 1. The molecule has 0 bridgehead atoms. The monoisotopic (exact) mass is 529 g/mol. The Balaban J connectivity index is 1.32. The lowest BCUT2D eigenvalue weighted by Gasteiger charge is -2.17. The van der Waals surface area contributed by atoms with Gasteiger partial charge in [0.15, 0.2) is 12.4 Å². The van der Waals surface area contributed by atoms with Crippen molar-refractivity contribution < 1.29 is 23.9 Å². The van der Waals surface area contributed by atoms with Gasteiger partial charge >= 0.3 is 5.97 Å². The Hall–Kier alpha value is -4.26. The van der Waals surface area contributed by atoms with E-state index in [1.54, 1.807) is 24.3 Å². The molecule has 1 heterocycles. The summed E-state index contributed by atoms with van der Waals surface area (Å²) in [6.07, 6.45) is 0. The zero-order chi connectivity index (χ0) is 26.1. The number of hydrogen-bond acceptors (Lipinski definition) is 5. The van der Waals surface area contributed by atoms with Crippen LogP contribution in [0, 0.1) is 0 Å². The van der Waals surface area contributed by atoms with Gasteiger partial charge in [-0.15, -0.1) is 0 Å². The van der Waals surface area contributed by atoms with Crippen LogP contribution in [0.3, 0.4) is 0 Å². The van der Waals surface area contributed by atoms with Crippen molar-refractivity contribution in [2.75, 3.05) is 11.5 Å². The molecule has 0 fully saturated rings. The van der Waals surface area contributed by atoms with Gasteiger partial charge in [0.05, 0.1) is 32.4 Å². The molecule has 1 aliphatic heterocycles. The van der Waals surface area contributed by atoms with Crippen molar-refractivity contribution in [1.82, 2.24) is 0 Å². The molecular weight excluding hydrogens is 513 g/mol. The number of imide groups is 1. The van der Waals surface area contributed by atoms with Gasteiger partial charge in [-0.3, -0.25) is 14.4 Å². The number of Topliss-reactive ketones (excluding diaryl/α,β-unsaturated/α-hetero) is 1. The smallest absolute Gasteiger partial charge is 0.340 e. The Morgan fingerprint density at radius 3 is 1.86 bits per heavy atom. The largest absolute Gasteiger partial charge is 0.454 e. The normalized spacial score (nSPS) is 12.4. The summed E-state index contributed by atoms with van der Waals surface area (Å²) in [5.41, 5.74) is 2.50. The number of benzene rings is 4. The molecule has 0 unspecified atom stereocenters. The van der Waals surface area contributed by atoms with Crippen LogP contribution >= 0.6 is 23.2 Å². The maximum absolute atomic E-state index is 13.0. The van der Waals surface area contributed by atoms with Gasteiger partial charge in [0, 0.05) is 5.56 Å². The molecule has 0 saturated heterocycles. The number of rotatable bonds is 6. The third-order valence-corrected chi connectivity index (χ3v) is 6.66. The van der Waals surface area contributed by atoms with Gasteiger partial charge in [-0.25, -0.2) is 9.69 Å². The van der Waals surface area contributed by atoms with Crippen molar-refractivity contribution in [2.45, 2.75) is 0 Å². The summed E-state index contributed by atoms with van der Waals surface area (Å²) in [4.78, 5) is 52.5.